The summed E-state index contributed by atoms with van der Waals surface area (Å²) in [5.41, 5.74) is 1.42. The van der Waals surface area contributed by atoms with Crippen molar-refractivity contribution in [2.75, 3.05) is 45.1 Å². The zero-order valence-electron chi connectivity index (χ0n) is 18.0. The van der Waals surface area contributed by atoms with Crippen LogP contribution in [-0.2, 0) is 21.2 Å². The average Bonchev–Trinajstić information content (AvgIpc) is 2.73. The lowest BCUT2D eigenvalue weighted by Crippen LogP contribution is -2.45. The molecule has 0 spiro atoms. The summed E-state index contributed by atoms with van der Waals surface area (Å²) in [6.45, 7) is 1.48. The van der Waals surface area contributed by atoms with E-state index >= 15 is 0 Å². The number of ether oxygens (including phenoxy) is 1. The first-order valence-electron chi connectivity index (χ1n) is 10.1. The Labute approximate surface area is 189 Å². The van der Waals surface area contributed by atoms with E-state index < -0.39 is 22.2 Å². The summed E-state index contributed by atoms with van der Waals surface area (Å²) in [5.74, 6) is 0. The minimum Gasteiger partial charge on any atom is -0.444 e. The average molecular weight is 466 g/mol. The summed E-state index contributed by atoms with van der Waals surface area (Å²) >= 11 is 5.92. The molecule has 0 radical (unpaired) electrons. The van der Waals surface area contributed by atoms with Gasteiger partial charge in [-0.15, -0.1) is 0 Å². The van der Waals surface area contributed by atoms with Crippen LogP contribution < -0.4 is 4.31 Å². The highest BCUT2D eigenvalue weighted by Crippen LogP contribution is 2.33. The molecule has 1 unspecified atom stereocenters. The Balaban J connectivity index is 1.79. The maximum atomic E-state index is 13.4. The molecule has 31 heavy (non-hydrogen) atoms. The van der Waals surface area contributed by atoms with Gasteiger partial charge >= 0.3 is 6.09 Å². The number of nitrogens with zero attached hydrogens (tertiary/aromatic N) is 3. The molecule has 0 aromatic heterocycles. The first-order chi connectivity index (χ1) is 14.7. The van der Waals surface area contributed by atoms with Crippen molar-refractivity contribution in [2.24, 2.45) is 0 Å². The van der Waals surface area contributed by atoms with Crippen molar-refractivity contribution in [3.05, 3.63) is 59.1 Å². The van der Waals surface area contributed by atoms with Crippen molar-refractivity contribution in [1.82, 2.24) is 9.80 Å². The van der Waals surface area contributed by atoms with Gasteiger partial charge in [0.1, 0.15) is 6.10 Å². The maximum absolute atomic E-state index is 13.4. The van der Waals surface area contributed by atoms with Crippen molar-refractivity contribution in [3.63, 3.8) is 0 Å². The molecule has 9 heteroatoms. The predicted molar refractivity (Wildman–Crippen MR) is 122 cm³/mol. The molecule has 2 aromatic carbocycles. The van der Waals surface area contributed by atoms with Crippen LogP contribution in [0.2, 0.25) is 5.02 Å². The highest BCUT2D eigenvalue weighted by Gasteiger charge is 2.35. The standard InChI is InChI=1S/C22H28ClN3O4S/c1-24(2)13-6-14-25(3)22(27)30-19-15-17-7-4-5-8-21(17)26(16-19)31(28,29)20-11-9-18(23)10-12-20/h4-5,7-12,19H,6,13-16H2,1-3H3. The number of sulfonamides is 1. The van der Waals surface area contributed by atoms with Gasteiger partial charge in [-0.05, 0) is 63.0 Å². The van der Waals surface area contributed by atoms with Crippen molar-refractivity contribution >= 4 is 33.4 Å². The molecule has 1 amide bonds. The summed E-state index contributed by atoms with van der Waals surface area (Å²) in [4.78, 5) is 16.3. The summed E-state index contributed by atoms with van der Waals surface area (Å²) in [7, 11) is 1.81. The lowest BCUT2D eigenvalue weighted by atomic mass is 10.0. The molecule has 7 nitrogen and oxygen atoms in total. The summed E-state index contributed by atoms with van der Waals surface area (Å²) in [6, 6.07) is 13.3. The highest BCUT2D eigenvalue weighted by molar-refractivity contribution is 7.92. The third kappa shape index (κ3) is 5.70. The zero-order chi connectivity index (χ0) is 22.6. The second kappa shape index (κ2) is 9.89. The first-order valence-corrected chi connectivity index (χ1v) is 11.9. The molecule has 0 N–H and O–H groups in total. The number of benzene rings is 2. The van der Waals surface area contributed by atoms with Gasteiger partial charge in [0, 0.05) is 25.0 Å². The third-order valence-electron chi connectivity index (χ3n) is 5.16. The largest absolute Gasteiger partial charge is 0.444 e. The van der Waals surface area contributed by atoms with Crippen LogP contribution in [0.1, 0.15) is 12.0 Å². The van der Waals surface area contributed by atoms with E-state index in [1.165, 1.54) is 21.3 Å². The van der Waals surface area contributed by atoms with Crippen LogP contribution in [0.4, 0.5) is 10.5 Å². The number of halogens is 1. The number of para-hydroxylation sites is 1. The Kier molecular flexibility index (Phi) is 7.46. The van der Waals surface area contributed by atoms with Crippen molar-refractivity contribution in [3.8, 4) is 0 Å². The number of anilines is 1. The van der Waals surface area contributed by atoms with Crippen LogP contribution in [0.3, 0.4) is 0 Å². The van der Waals surface area contributed by atoms with Crippen LogP contribution >= 0.6 is 11.6 Å². The van der Waals surface area contributed by atoms with Gasteiger partial charge in [0.2, 0.25) is 0 Å². The molecule has 1 aliphatic heterocycles. The lowest BCUT2D eigenvalue weighted by Gasteiger charge is -2.35. The Morgan fingerprint density at radius 2 is 1.77 bits per heavy atom. The Hall–Kier alpha value is -2.29. The summed E-state index contributed by atoms with van der Waals surface area (Å²) in [5, 5.41) is 0.460. The fraction of sp³-hybridized carbons (Fsp3) is 0.409. The molecular weight excluding hydrogens is 438 g/mol. The second-order valence-electron chi connectivity index (χ2n) is 7.91. The first kappa shape index (κ1) is 23.4. The van der Waals surface area contributed by atoms with Gasteiger partial charge in [0.25, 0.3) is 10.0 Å². The molecule has 1 atom stereocenters. The Morgan fingerprint density at radius 1 is 1.10 bits per heavy atom. The Morgan fingerprint density at radius 3 is 2.45 bits per heavy atom. The van der Waals surface area contributed by atoms with Crippen molar-refractivity contribution in [1.29, 1.82) is 0 Å². The maximum Gasteiger partial charge on any atom is 0.409 e. The van der Waals surface area contributed by atoms with Crippen molar-refractivity contribution in [2.45, 2.75) is 23.8 Å². The van der Waals surface area contributed by atoms with E-state index in [1.807, 2.05) is 26.2 Å². The molecule has 2 aromatic rings. The Bertz CT molecular complexity index is 1010. The normalized spacial score (nSPS) is 16.2. The van der Waals surface area contributed by atoms with Crippen LogP contribution in [0.25, 0.3) is 0 Å². The zero-order valence-corrected chi connectivity index (χ0v) is 19.6. The SMILES string of the molecule is CN(C)CCCN(C)C(=O)OC1Cc2ccccc2N(S(=O)(=O)c2ccc(Cl)cc2)C1. The molecule has 168 valence electrons. The smallest absolute Gasteiger partial charge is 0.409 e. The molecule has 0 saturated carbocycles. The molecule has 1 heterocycles. The van der Waals surface area contributed by atoms with E-state index in [0.717, 1.165) is 18.5 Å². The minimum absolute atomic E-state index is 0.0548. The third-order valence-corrected chi connectivity index (χ3v) is 7.20. The molecular formula is C22H28ClN3O4S. The molecule has 3 rings (SSSR count). The van der Waals surface area contributed by atoms with Gasteiger partial charge in [0.15, 0.2) is 0 Å². The molecule has 0 fully saturated rings. The lowest BCUT2D eigenvalue weighted by molar-refractivity contribution is 0.0708. The fourth-order valence-corrected chi connectivity index (χ4v) is 5.17. The van der Waals surface area contributed by atoms with E-state index in [4.69, 9.17) is 16.3 Å². The number of hydrogen-bond donors (Lipinski definition) is 0. The van der Waals surface area contributed by atoms with Gasteiger partial charge in [-0.3, -0.25) is 4.31 Å². The molecule has 0 saturated heterocycles. The van der Waals surface area contributed by atoms with Gasteiger partial charge in [-0.1, -0.05) is 29.8 Å². The predicted octanol–water partition coefficient (Wildman–Crippen LogP) is 3.48. The number of carbonyl (C=O) groups is 1. The number of rotatable bonds is 7. The number of amides is 1. The van der Waals surface area contributed by atoms with Crippen molar-refractivity contribution < 1.29 is 17.9 Å². The van der Waals surface area contributed by atoms with E-state index in [9.17, 15) is 13.2 Å². The number of fused-ring (bicyclic) bond motifs is 1. The van der Waals surface area contributed by atoms with Crippen LogP contribution in [0, 0.1) is 0 Å². The molecule has 0 bridgehead atoms. The quantitative estimate of drug-likeness (QED) is 0.626. The molecule has 1 aliphatic rings. The minimum atomic E-state index is -3.84. The van der Waals surface area contributed by atoms with Gasteiger partial charge in [-0.2, -0.15) is 0 Å². The van der Waals surface area contributed by atoms with Gasteiger partial charge in [-0.25, -0.2) is 13.2 Å². The molecule has 0 aliphatic carbocycles. The van der Waals surface area contributed by atoms with E-state index in [1.54, 1.807) is 31.3 Å². The second-order valence-corrected chi connectivity index (χ2v) is 10.2. The topological polar surface area (TPSA) is 70.2 Å². The van der Waals surface area contributed by atoms with Crippen LogP contribution in [0.15, 0.2) is 53.4 Å². The van der Waals surface area contributed by atoms with E-state index in [0.29, 0.717) is 23.7 Å². The van der Waals surface area contributed by atoms with Crippen LogP contribution in [-0.4, -0.2) is 71.2 Å². The summed E-state index contributed by atoms with van der Waals surface area (Å²) < 4.78 is 33.7. The number of carbonyl (C=O) groups excluding carboxylic acids is 1. The van der Waals surface area contributed by atoms with Gasteiger partial charge < -0.3 is 14.5 Å². The number of hydrogen-bond acceptors (Lipinski definition) is 5. The van der Waals surface area contributed by atoms with E-state index in [-0.39, 0.29) is 11.4 Å². The van der Waals surface area contributed by atoms with Crippen LogP contribution in [0.5, 0.6) is 0 Å². The van der Waals surface area contributed by atoms with Gasteiger partial charge in [0.05, 0.1) is 17.1 Å². The highest BCUT2D eigenvalue weighted by atomic mass is 35.5. The van der Waals surface area contributed by atoms with E-state index in [2.05, 4.69) is 4.90 Å². The summed E-state index contributed by atoms with van der Waals surface area (Å²) in [6.07, 6.45) is 0.247. The fourth-order valence-electron chi connectivity index (χ4n) is 3.51. The monoisotopic (exact) mass is 465 g/mol.